The molecule has 0 fully saturated rings. The third-order valence-electron chi connectivity index (χ3n) is 3.49. The molecule has 0 saturated carbocycles. The minimum Gasteiger partial charge on any atom is -0.489 e. The van der Waals surface area contributed by atoms with Gasteiger partial charge in [-0.05, 0) is 35.4 Å². The number of nitrogens with one attached hydrogen (secondary N) is 1. The molecule has 0 heterocycles. The van der Waals surface area contributed by atoms with Crippen LogP contribution in [0.1, 0.15) is 18.1 Å². The molecule has 0 spiro atoms. The summed E-state index contributed by atoms with van der Waals surface area (Å²) >= 11 is 0. The molecule has 4 nitrogen and oxygen atoms in total. The highest BCUT2D eigenvalue weighted by molar-refractivity contribution is 5.78. The molecule has 0 radical (unpaired) electrons. The van der Waals surface area contributed by atoms with E-state index in [1.165, 1.54) is 12.1 Å². The summed E-state index contributed by atoms with van der Waals surface area (Å²) in [6.45, 7) is 2.88. The molecule has 5 heteroatoms. The summed E-state index contributed by atoms with van der Waals surface area (Å²) < 4.78 is 18.7. The van der Waals surface area contributed by atoms with Crippen molar-refractivity contribution in [1.29, 1.82) is 0 Å². The van der Waals surface area contributed by atoms with Gasteiger partial charge in [0.05, 0.1) is 0 Å². The van der Waals surface area contributed by atoms with Gasteiger partial charge in [-0.1, -0.05) is 31.2 Å². The van der Waals surface area contributed by atoms with E-state index < -0.39 is 0 Å². The van der Waals surface area contributed by atoms with Gasteiger partial charge in [-0.25, -0.2) is 4.39 Å². The molecule has 0 aliphatic rings. The molecule has 2 aromatic carbocycles. The van der Waals surface area contributed by atoms with E-state index in [-0.39, 0.29) is 17.6 Å². The quantitative estimate of drug-likeness (QED) is 0.825. The molecule has 0 aromatic heterocycles. The number of halogens is 1. The van der Waals surface area contributed by atoms with Gasteiger partial charge in [-0.2, -0.15) is 0 Å². The number of carbonyl (C=O) groups is 1. The van der Waals surface area contributed by atoms with Crippen molar-refractivity contribution in [3.8, 4) is 5.75 Å². The Kier molecular flexibility index (Phi) is 6.11. The highest BCUT2D eigenvalue weighted by Gasteiger charge is 2.09. The van der Waals surface area contributed by atoms with Crippen LogP contribution < -0.4 is 15.8 Å². The molecule has 1 unspecified atom stereocenters. The van der Waals surface area contributed by atoms with Crippen LogP contribution in [0.5, 0.6) is 5.75 Å². The normalized spacial score (nSPS) is 11.8. The standard InChI is InChI=1S/C18H21FN2O2/c1-13(10-20)18(22)21-11-14-5-7-17(8-6-14)23-12-15-3-2-4-16(19)9-15/h2-9,13H,10-12,20H2,1H3,(H,21,22). The summed E-state index contributed by atoms with van der Waals surface area (Å²) in [6, 6.07) is 13.7. The molecule has 0 saturated heterocycles. The fraction of sp³-hybridized carbons (Fsp3) is 0.278. The lowest BCUT2D eigenvalue weighted by Gasteiger charge is -2.11. The lowest BCUT2D eigenvalue weighted by atomic mass is 10.1. The number of rotatable bonds is 7. The van der Waals surface area contributed by atoms with Gasteiger partial charge in [-0.15, -0.1) is 0 Å². The van der Waals surface area contributed by atoms with Crippen molar-refractivity contribution in [2.45, 2.75) is 20.1 Å². The number of carbonyl (C=O) groups excluding carboxylic acids is 1. The summed E-state index contributed by atoms with van der Waals surface area (Å²) in [5.41, 5.74) is 7.20. The monoisotopic (exact) mass is 316 g/mol. The van der Waals surface area contributed by atoms with Crippen LogP contribution in [0.15, 0.2) is 48.5 Å². The van der Waals surface area contributed by atoms with Gasteiger partial charge in [0.2, 0.25) is 5.91 Å². The van der Waals surface area contributed by atoms with E-state index in [0.29, 0.717) is 25.4 Å². The molecule has 3 N–H and O–H groups in total. The smallest absolute Gasteiger partial charge is 0.224 e. The van der Waals surface area contributed by atoms with E-state index in [1.54, 1.807) is 13.0 Å². The van der Waals surface area contributed by atoms with Crippen molar-refractivity contribution in [3.63, 3.8) is 0 Å². The largest absolute Gasteiger partial charge is 0.489 e. The summed E-state index contributed by atoms with van der Waals surface area (Å²) in [5.74, 6) is 0.173. The minimum absolute atomic E-state index is 0.0565. The highest BCUT2D eigenvalue weighted by Crippen LogP contribution is 2.14. The Hall–Kier alpha value is -2.40. The van der Waals surface area contributed by atoms with E-state index in [1.807, 2.05) is 30.3 Å². The minimum atomic E-state index is -0.274. The van der Waals surface area contributed by atoms with Crippen molar-refractivity contribution < 1.29 is 13.9 Å². The zero-order chi connectivity index (χ0) is 16.7. The maximum Gasteiger partial charge on any atom is 0.224 e. The Bertz CT molecular complexity index is 644. The molecule has 122 valence electrons. The first kappa shape index (κ1) is 17.0. The summed E-state index contributed by atoms with van der Waals surface area (Å²) in [4.78, 5) is 11.7. The molecule has 1 atom stereocenters. The van der Waals surface area contributed by atoms with Gasteiger partial charge < -0.3 is 15.8 Å². The molecule has 0 aliphatic heterocycles. The van der Waals surface area contributed by atoms with Crippen LogP contribution in [0.2, 0.25) is 0 Å². The first-order valence-electron chi connectivity index (χ1n) is 7.52. The second-order valence-electron chi connectivity index (χ2n) is 5.42. The number of amides is 1. The van der Waals surface area contributed by atoms with Crippen LogP contribution in [0.4, 0.5) is 4.39 Å². The predicted molar refractivity (Wildman–Crippen MR) is 87.2 cm³/mol. The van der Waals surface area contributed by atoms with Crippen molar-refractivity contribution in [2.75, 3.05) is 6.54 Å². The van der Waals surface area contributed by atoms with Gasteiger partial charge >= 0.3 is 0 Å². The second kappa shape index (κ2) is 8.29. The SMILES string of the molecule is CC(CN)C(=O)NCc1ccc(OCc2cccc(F)c2)cc1. The zero-order valence-corrected chi connectivity index (χ0v) is 13.1. The lowest BCUT2D eigenvalue weighted by Crippen LogP contribution is -2.32. The van der Waals surface area contributed by atoms with E-state index in [9.17, 15) is 9.18 Å². The predicted octanol–water partition coefficient (Wildman–Crippen LogP) is 2.62. The van der Waals surface area contributed by atoms with Crippen molar-refractivity contribution in [3.05, 3.63) is 65.5 Å². The second-order valence-corrected chi connectivity index (χ2v) is 5.42. The maximum atomic E-state index is 13.1. The lowest BCUT2D eigenvalue weighted by molar-refractivity contribution is -0.124. The fourth-order valence-electron chi connectivity index (χ4n) is 1.97. The van der Waals surface area contributed by atoms with Crippen molar-refractivity contribution in [1.82, 2.24) is 5.32 Å². The van der Waals surface area contributed by atoms with Crippen molar-refractivity contribution in [2.24, 2.45) is 11.7 Å². The van der Waals surface area contributed by atoms with Crippen molar-refractivity contribution >= 4 is 5.91 Å². The number of hydrogen-bond acceptors (Lipinski definition) is 3. The number of hydrogen-bond donors (Lipinski definition) is 2. The van der Waals surface area contributed by atoms with E-state index in [0.717, 1.165) is 11.1 Å². The van der Waals surface area contributed by atoms with Gasteiger partial charge in [0.1, 0.15) is 18.2 Å². The van der Waals surface area contributed by atoms with Crippen LogP contribution in [-0.2, 0) is 17.9 Å². The van der Waals surface area contributed by atoms with Crippen LogP contribution in [0.3, 0.4) is 0 Å². The van der Waals surface area contributed by atoms with E-state index >= 15 is 0 Å². The molecular formula is C18H21FN2O2. The van der Waals surface area contributed by atoms with Crippen LogP contribution >= 0.6 is 0 Å². The Balaban J connectivity index is 1.83. The van der Waals surface area contributed by atoms with E-state index in [2.05, 4.69) is 5.32 Å². The number of benzene rings is 2. The van der Waals surface area contributed by atoms with Gasteiger partial charge in [0.15, 0.2) is 0 Å². The molecule has 0 aliphatic carbocycles. The molecule has 2 rings (SSSR count). The van der Waals surface area contributed by atoms with Crippen LogP contribution in [-0.4, -0.2) is 12.5 Å². The summed E-state index contributed by atoms with van der Waals surface area (Å²) in [6.07, 6.45) is 0. The number of ether oxygens (including phenoxy) is 1. The summed E-state index contributed by atoms with van der Waals surface area (Å²) in [7, 11) is 0. The first-order chi connectivity index (χ1) is 11.1. The molecule has 0 bridgehead atoms. The average Bonchev–Trinajstić information content (AvgIpc) is 2.58. The maximum absolute atomic E-state index is 13.1. The third kappa shape index (κ3) is 5.38. The fourth-order valence-corrected chi connectivity index (χ4v) is 1.97. The molecule has 1 amide bonds. The topological polar surface area (TPSA) is 64.4 Å². The molecule has 2 aromatic rings. The van der Waals surface area contributed by atoms with Gasteiger partial charge in [0.25, 0.3) is 0 Å². The highest BCUT2D eigenvalue weighted by atomic mass is 19.1. The third-order valence-corrected chi connectivity index (χ3v) is 3.49. The van der Waals surface area contributed by atoms with Crippen LogP contribution in [0.25, 0.3) is 0 Å². The Morgan fingerprint density at radius 1 is 1.22 bits per heavy atom. The molecule has 23 heavy (non-hydrogen) atoms. The van der Waals surface area contributed by atoms with Gasteiger partial charge in [0, 0.05) is 19.0 Å². The van der Waals surface area contributed by atoms with E-state index in [4.69, 9.17) is 10.5 Å². The zero-order valence-electron chi connectivity index (χ0n) is 13.1. The first-order valence-corrected chi connectivity index (χ1v) is 7.52. The summed E-state index contributed by atoms with van der Waals surface area (Å²) in [5, 5.41) is 2.83. The van der Waals surface area contributed by atoms with Gasteiger partial charge in [-0.3, -0.25) is 4.79 Å². The Labute approximate surface area is 135 Å². The molecular weight excluding hydrogens is 295 g/mol. The Morgan fingerprint density at radius 3 is 2.61 bits per heavy atom. The van der Waals surface area contributed by atoms with Crippen LogP contribution in [0, 0.1) is 11.7 Å². The number of nitrogens with two attached hydrogens (primary N) is 1. The average molecular weight is 316 g/mol. The Morgan fingerprint density at radius 2 is 1.96 bits per heavy atom.